The van der Waals surface area contributed by atoms with Crippen LogP contribution in [0.1, 0.15) is 78.6 Å². The van der Waals surface area contributed by atoms with Crippen LogP contribution >= 0.6 is 0 Å². The number of nitrogens with one attached hydrogen (secondary N) is 1. The molecular weight excluding hydrogens is 244 g/mol. The summed E-state index contributed by atoms with van der Waals surface area (Å²) in [5, 5.41) is 3.81. The summed E-state index contributed by atoms with van der Waals surface area (Å²) < 4.78 is 0. The quantitative estimate of drug-likeness (QED) is 0.830. The smallest absolute Gasteiger partial charge is 0.0247 e. The van der Waals surface area contributed by atoms with E-state index in [2.05, 4.69) is 31.0 Å². The Morgan fingerprint density at radius 1 is 1.05 bits per heavy atom. The largest absolute Gasteiger partial charge is 0.311 e. The zero-order valence-electron chi connectivity index (χ0n) is 14.0. The molecule has 1 saturated carbocycles. The Morgan fingerprint density at radius 3 is 2.30 bits per heavy atom. The maximum Gasteiger partial charge on any atom is 0.0247 e. The zero-order chi connectivity index (χ0) is 14.4. The first-order valence-corrected chi connectivity index (χ1v) is 9.21. The lowest BCUT2D eigenvalue weighted by molar-refractivity contribution is 0.0420. The molecule has 2 rings (SSSR count). The highest BCUT2D eigenvalue weighted by molar-refractivity contribution is 4.91. The molecule has 0 bridgehead atoms. The van der Waals surface area contributed by atoms with E-state index in [9.17, 15) is 0 Å². The maximum atomic E-state index is 3.81. The minimum absolute atomic E-state index is 0.737. The fraction of sp³-hybridized carbons (Fsp3) is 1.00. The Labute approximate surface area is 126 Å². The van der Waals surface area contributed by atoms with Crippen molar-refractivity contribution in [1.82, 2.24) is 10.2 Å². The summed E-state index contributed by atoms with van der Waals surface area (Å²) in [7, 11) is 0. The molecule has 2 unspecified atom stereocenters. The lowest BCUT2D eigenvalue weighted by atomic mass is 9.90. The third-order valence-corrected chi connectivity index (χ3v) is 5.42. The van der Waals surface area contributed by atoms with E-state index < -0.39 is 0 Å². The second-order valence-corrected chi connectivity index (χ2v) is 7.40. The van der Waals surface area contributed by atoms with E-state index in [0.29, 0.717) is 0 Å². The third-order valence-electron chi connectivity index (χ3n) is 5.42. The van der Waals surface area contributed by atoms with E-state index in [1.165, 1.54) is 70.9 Å². The van der Waals surface area contributed by atoms with Gasteiger partial charge in [0.2, 0.25) is 0 Å². The van der Waals surface area contributed by atoms with Gasteiger partial charge in [-0.15, -0.1) is 0 Å². The summed E-state index contributed by atoms with van der Waals surface area (Å²) in [6.45, 7) is 9.63. The Hall–Kier alpha value is -0.0800. The van der Waals surface area contributed by atoms with Crippen LogP contribution in [0.5, 0.6) is 0 Å². The Bertz CT molecular complexity index is 256. The molecule has 0 amide bonds. The number of rotatable bonds is 4. The minimum Gasteiger partial charge on any atom is -0.311 e. The monoisotopic (exact) mass is 280 g/mol. The molecule has 1 aliphatic carbocycles. The summed E-state index contributed by atoms with van der Waals surface area (Å²) in [5.41, 5.74) is 0. The molecule has 0 spiro atoms. The predicted octanol–water partition coefficient (Wildman–Crippen LogP) is 4.20. The molecule has 0 radical (unpaired) electrons. The molecule has 0 aromatic carbocycles. The van der Waals surface area contributed by atoms with Crippen molar-refractivity contribution in [2.75, 3.05) is 13.1 Å². The van der Waals surface area contributed by atoms with Gasteiger partial charge in [0.05, 0.1) is 0 Å². The van der Waals surface area contributed by atoms with Gasteiger partial charge in [-0.3, -0.25) is 4.90 Å². The average molecular weight is 280 g/mol. The predicted molar refractivity (Wildman–Crippen MR) is 88.1 cm³/mol. The first kappa shape index (κ1) is 16.3. The molecule has 1 heterocycles. The standard InChI is InChI=1S/C18H36N2/c1-4-10-16-14-20(18(13-19-16)15(2)3)17-11-8-6-5-7-9-12-17/h15-19H,4-14H2,1-3H3. The van der Waals surface area contributed by atoms with Gasteiger partial charge in [-0.05, 0) is 25.2 Å². The highest BCUT2D eigenvalue weighted by Gasteiger charge is 2.33. The molecule has 118 valence electrons. The van der Waals surface area contributed by atoms with Crippen molar-refractivity contribution in [3.05, 3.63) is 0 Å². The molecule has 20 heavy (non-hydrogen) atoms. The van der Waals surface area contributed by atoms with Gasteiger partial charge in [0, 0.05) is 31.2 Å². The molecule has 2 fully saturated rings. The third kappa shape index (κ3) is 4.46. The van der Waals surface area contributed by atoms with Crippen LogP contribution in [-0.4, -0.2) is 36.1 Å². The highest BCUT2D eigenvalue weighted by Crippen LogP contribution is 2.27. The molecule has 0 aromatic rings. The Morgan fingerprint density at radius 2 is 1.70 bits per heavy atom. The van der Waals surface area contributed by atoms with E-state index in [1.54, 1.807) is 0 Å². The van der Waals surface area contributed by atoms with Crippen LogP contribution in [0.4, 0.5) is 0 Å². The van der Waals surface area contributed by atoms with Crippen molar-refractivity contribution in [3.8, 4) is 0 Å². The molecule has 2 heteroatoms. The van der Waals surface area contributed by atoms with Gasteiger partial charge in [0.15, 0.2) is 0 Å². The number of nitrogens with zero attached hydrogens (tertiary/aromatic N) is 1. The fourth-order valence-electron chi connectivity index (χ4n) is 4.21. The van der Waals surface area contributed by atoms with Crippen LogP contribution in [0.25, 0.3) is 0 Å². The van der Waals surface area contributed by atoms with E-state index in [1.807, 2.05) is 0 Å². The first-order valence-electron chi connectivity index (χ1n) is 9.21. The van der Waals surface area contributed by atoms with Crippen molar-refractivity contribution in [3.63, 3.8) is 0 Å². The van der Waals surface area contributed by atoms with Gasteiger partial charge in [-0.2, -0.15) is 0 Å². The van der Waals surface area contributed by atoms with Crippen molar-refractivity contribution in [2.24, 2.45) is 5.92 Å². The van der Waals surface area contributed by atoms with Crippen LogP contribution in [0.3, 0.4) is 0 Å². The van der Waals surface area contributed by atoms with Gasteiger partial charge in [-0.1, -0.05) is 59.3 Å². The molecule has 1 saturated heterocycles. The van der Waals surface area contributed by atoms with E-state index in [-0.39, 0.29) is 0 Å². The lowest BCUT2D eigenvalue weighted by Gasteiger charge is -2.47. The molecule has 1 N–H and O–H groups in total. The van der Waals surface area contributed by atoms with Crippen LogP contribution in [0.15, 0.2) is 0 Å². The number of piperazine rings is 1. The normalized spacial score (nSPS) is 31.2. The molecule has 2 atom stereocenters. The topological polar surface area (TPSA) is 15.3 Å². The fourth-order valence-corrected chi connectivity index (χ4v) is 4.21. The van der Waals surface area contributed by atoms with Crippen LogP contribution in [0, 0.1) is 5.92 Å². The minimum atomic E-state index is 0.737. The first-order chi connectivity index (χ1) is 9.72. The lowest BCUT2D eigenvalue weighted by Crippen LogP contribution is -2.61. The van der Waals surface area contributed by atoms with Crippen LogP contribution < -0.4 is 5.32 Å². The Kier molecular flexibility index (Phi) is 6.83. The number of hydrogen-bond donors (Lipinski definition) is 1. The van der Waals surface area contributed by atoms with E-state index in [0.717, 1.165) is 24.0 Å². The summed E-state index contributed by atoms with van der Waals surface area (Å²) in [5.74, 6) is 0.774. The van der Waals surface area contributed by atoms with E-state index in [4.69, 9.17) is 0 Å². The summed E-state index contributed by atoms with van der Waals surface area (Å²) >= 11 is 0. The van der Waals surface area contributed by atoms with Gasteiger partial charge in [0.1, 0.15) is 0 Å². The second-order valence-electron chi connectivity index (χ2n) is 7.40. The SMILES string of the molecule is CCCC1CN(C2CCCCCCC2)C(C(C)C)CN1. The Balaban J connectivity index is 2.00. The zero-order valence-corrected chi connectivity index (χ0v) is 14.0. The molecule has 2 nitrogen and oxygen atoms in total. The van der Waals surface area contributed by atoms with Crippen molar-refractivity contribution in [2.45, 2.75) is 96.7 Å². The molecule has 0 aromatic heterocycles. The maximum absolute atomic E-state index is 3.81. The van der Waals surface area contributed by atoms with Crippen molar-refractivity contribution in [1.29, 1.82) is 0 Å². The highest BCUT2D eigenvalue weighted by atomic mass is 15.3. The van der Waals surface area contributed by atoms with Crippen molar-refractivity contribution >= 4 is 0 Å². The average Bonchev–Trinajstić information content (AvgIpc) is 2.38. The number of hydrogen-bond acceptors (Lipinski definition) is 2. The molecular formula is C18H36N2. The van der Waals surface area contributed by atoms with Gasteiger partial charge in [-0.25, -0.2) is 0 Å². The van der Waals surface area contributed by atoms with E-state index >= 15 is 0 Å². The summed E-state index contributed by atoms with van der Waals surface area (Å²) in [4.78, 5) is 2.91. The van der Waals surface area contributed by atoms with Gasteiger partial charge in [0.25, 0.3) is 0 Å². The molecule has 2 aliphatic rings. The van der Waals surface area contributed by atoms with Crippen LogP contribution in [-0.2, 0) is 0 Å². The van der Waals surface area contributed by atoms with Gasteiger partial charge < -0.3 is 5.32 Å². The molecule has 1 aliphatic heterocycles. The van der Waals surface area contributed by atoms with Crippen molar-refractivity contribution < 1.29 is 0 Å². The summed E-state index contributed by atoms with van der Waals surface area (Å²) in [6.07, 6.45) is 12.9. The van der Waals surface area contributed by atoms with Gasteiger partial charge >= 0.3 is 0 Å². The summed E-state index contributed by atoms with van der Waals surface area (Å²) in [6, 6.07) is 2.36. The van der Waals surface area contributed by atoms with Crippen LogP contribution in [0.2, 0.25) is 0 Å². The second kappa shape index (κ2) is 8.38.